The smallest absolute Gasteiger partial charge is 0.231 e. The summed E-state index contributed by atoms with van der Waals surface area (Å²) in [5, 5.41) is 0. The molecule has 0 atom stereocenters. The normalized spacial score (nSPS) is 14.0. The van der Waals surface area contributed by atoms with Crippen molar-refractivity contribution in [3.05, 3.63) is 107 Å². The summed E-state index contributed by atoms with van der Waals surface area (Å²) in [5.74, 6) is 1.89. The minimum atomic E-state index is -0.107. The second-order valence-electron chi connectivity index (χ2n) is 7.65. The molecule has 0 fully saturated rings. The van der Waals surface area contributed by atoms with Crippen LogP contribution < -0.4 is 9.47 Å². The summed E-state index contributed by atoms with van der Waals surface area (Å²) < 4.78 is 11.7. The largest absolute Gasteiger partial charge is 0.489 e. The molecule has 4 rings (SSSR count). The summed E-state index contributed by atoms with van der Waals surface area (Å²) in [5.41, 5.74) is 4.89. The van der Waals surface area contributed by atoms with Crippen LogP contribution >= 0.6 is 0 Å². The molecule has 3 nitrogen and oxygen atoms in total. The number of fused-ring (bicyclic) bond motifs is 1. The van der Waals surface area contributed by atoms with Crippen molar-refractivity contribution in [3.8, 4) is 11.5 Å². The molecule has 0 aromatic heterocycles. The molecule has 0 spiro atoms. The molecule has 0 saturated heterocycles. The van der Waals surface area contributed by atoms with E-state index >= 15 is 0 Å². The molecule has 1 aliphatic heterocycles. The topological polar surface area (TPSA) is 35.5 Å². The fourth-order valence-corrected chi connectivity index (χ4v) is 3.30. The number of ether oxygens (including phenoxy) is 2. The van der Waals surface area contributed by atoms with Gasteiger partial charge in [0, 0.05) is 6.07 Å². The fraction of sp³-hybridized carbons (Fsp3) is 0.148. The Balaban J connectivity index is 1.47. The minimum Gasteiger partial charge on any atom is -0.489 e. The van der Waals surface area contributed by atoms with Gasteiger partial charge in [-0.05, 0) is 46.4 Å². The lowest BCUT2D eigenvalue weighted by Crippen LogP contribution is -1.98. The van der Waals surface area contributed by atoms with Crippen LogP contribution in [0.3, 0.4) is 0 Å². The van der Waals surface area contributed by atoms with Crippen molar-refractivity contribution in [1.82, 2.24) is 0 Å². The highest BCUT2D eigenvalue weighted by atomic mass is 16.5. The van der Waals surface area contributed by atoms with Gasteiger partial charge in [-0.25, -0.2) is 0 Å². The van der Waals surface area contributed by atoms with Crippen molar-refractivity contribution in [3.63, 3.8) is 0 Å². The molecule has 0 amide bonds. The van der Waals surface area contributed by atoms with E-state index in [9.17, 15) is 4.79 Å². The maximum absolute atomic E-state index is 12.7. The first-order chi connectivity index (χ1) is 14.5. The molecule has 0 aliphatic carbocycles. The zero-order valence-corrected chi connectivity index (χ0v) is 17.2. The minimum absolute atomic E-state index is 0.107. The van der Waals surface area contributed by atoms with Gasteiger partial charge in [0.1, 0.15) is 18.1 Å². The van der Waals surface area contributed by atoms with Gasteiger partial charge in [-0.2, -0.15) is 0 Å². The Bertz CT molecular complexity index is 1100. The van der Waals surface area contributed by atoms with Crippen molar-refractivity contribution >= 4 is 17.9 Å². The third kappa shape index (κ3) is 4.20. The van der Waals surface area contributed by atoms with Crippen molar-refractivity contribution in [2.45, 2.75) is 26.4 Å². The van der Waals surface area contributed by atoms with Gasteiger partial charge < -0.3 is 9.47 Å². The van der Waals surface area contributed by atoms with Gasteiger partial charge >= 0.3 is 0 Å². The Labute approximate surface area is 177 Å². The molecule has 150 valence electrons. The number of benzene rings is 3. The molecular weight excluding hydrogens is 372 g/mol. The Morgan fingerprint density at radius 3 is 2.33 bits per heavy atom. The first-order valence-corrected chi connectivity index (χ1v) is 10.1. The average molecular weight is 396 g/mol. The average Bonchev–Trinajstić information content (AvgIpc) is 3.07. The van der Waals surface area contributed by atoms with Gasteiger partial charge in [-0.15, -0.1) is 0 Å². The van der Waals surface area contributed by atoms with E-state index in [2.05, 4.69) is 32.6 Å². The Hall–Kier alpha value is -3.59. The number of allylic oxidation sites excluding steroid dienone is 1. The van der Waals surface area contributed by atoms with E-state index in [1.54, 1.807) is 24.3 Å². The third-order valence-corrected chi connectivity index (χ3v) is 5.16. The van der Waals surface area contributed by atoms with Crippen LogP contribution in [0.1, 0.15) is 52.4 Å². The fourth-order valence-electron chi connectivity index (χ4n) is 3.30. The highest BCUT2D eigenvalue weighted by molar-refractivity contribution is 6.14. The predicted molar refractivity (Wildman–Crippen MR) is 121 cm³/mol. The summed E-state index contributed by atoms with van der Waals surface area (Å²) in [4.78, 5) is 12.7. The van der Waals surface area contributed by atoms with E-state index in [-0.39, 0.29) is 5.78 Å². The highest BCUT2D eigenvalue weighted by Gasteiger charge is 2.27. The molecule has 0 radical (unpaired) electrons. The maximum atomic E-state index is 12.7. The predicted octanol–water partition coefficient (Wildman–Crippen LogP) is 6.65. The Morgan fingerprint density at radius 1 is 0.967 bits per heavy atom. The lowest BCUT2D eigenvalue weighted by atomic mass is 10.0. The van der Waals surface area contributed by atoms with Crippen molar-refractivity contribution in [2.24, 2.45) is 0 Å². The lowest BCUT2D eigenvalue weighted by Gasteiger charge is -2.08. The molecule has 0 unspecified atom stereocenters. The van der Waals surface area contributed by atoms with Gasteiger partial charge in [0.2, 0.25) is 5.78 Å². The third-order valence-electron chi connectivity index (χ3n) is 5.16. The second kappa shape index (κ2) is 8.42. The quantitative estimate of drug-likeness (QED) is 0.438. The molecule has 3 aromatic carbocycles. The van der Waals surface area contributed by atoms with E-state index in [0.717, 1.165) is 16.7 Å². The zero-order valence-electron chi connectivity index (χ0n) is 17.2. The van der Waals surface area contributed by atoms with E-state index in [4.69, 9.17) is 9.47 Å². The SMILES string of the molecule is C=Cc1ccc(COc2ccc3c(c2)OC(=Cc2ccc(C(C)C)cc2)C3=O)cc1. The van der Waals surface area contributed by atoms with E-state index in [1.807, 2.05) is 42.5 Å². The summed E-state index contributed by atoms with van der Waals surface area (Å²) >= 11 is 0. The Kier molecular flexibility index (Phi) is 5.53. The lowest BCUT2D eigenvalue weighted by molar-refractivity contribution is 0.101. The molecule has 0 N–H and O–H groups in total. The van der Waals surface area contributed by atoms with Gasteiger partial charge in [0.25, 0.3) is 0 Å². The molecule has 3 heteroatoms. The summed E-state index contributed by atoms with van der Waals surface area (Å²) in [6, 6.07) is 21.5. The van der Waals surface area contributed by atoms with Crippen LogP contribution in [0.4, 0.5) is 0 Å². The molecular formula is C27H24O3. The highest BCUT2D eigenvalue weighted by Crippen LogP contribution is 2.35. The molecule has 30 heavy (non-hydrogen) atoms. The van der Waals surface area contributed by atoms with Gasteiger partial charge in [-0.1, -0.05) is 75.0 Å². The van der Waals surface area contributed by atoms with Crippen LogP contribution in [0.5, 0.6) is 11.5 Å². The summed E-state index contributed by atoms with van der Waals surface area (Å²) in [7, 11) is 0. The molecule has 3 aromatic rings. The second-order valence-corrected chi connectivity index (χ2v) is 7.65. The number of ketones is 1. The monoisotopic (exact) mass is 396 g/mol. The van der Waals surface area contributed by atoms with E-state index < -0.39 is 0 Å². The number of hydrogen-bond acceptors (Lipinski definition) is 3. The van der Waals surface area contributed by atoms with E-state index in [1.165, 1.54) is 5.56 Å². The standard InChI is InChI=1S/C27H24O3/c1-4-19-5-7-21(8-6-19)17-29-23-13-14-24-25(16-23)30-26(27(24)28)15-20-9-11-22(12-10-20)18(2)3/h4-16,18H,1,17H2,2-3H3. The van der Waals surface area contributed by atoms with Crippen LogP contribution in [0.25, 0.3) is 12.2 Å². The van der Waals surface area contributed by atoms with Gasteiger partial charge in [0.15, 0.2) is 5.76 Å². The number of Topliss-reactive ketones (excluding diaryl/α,β-unsaturated/α-hetero) is 1. The van der Waals surface area contributed by atoms with Crippen molar-refractivity contribution in [2.75, 3.05) is 0 Å². The van der Waals surface area contributed by atoms with Crippen molar-refractivity contribution in [1.29, 1.82) is 0 Å². The summed E-state index contributed by atoms with van der Waals surface area (Å²) in [6.07, 6.45) is 3.59. The Morgan fingerprint density at radius 2 is 1.67 bits per heavy atom. The first kappa shape index (κ1) is 19.7. The molecule has 0 saturated carbocycles. The van der Waals surface area contributed by atoms with Crippen LogP contribution in [-0.4, -0.2) is 5.78 Å². The van der Waals surface area contributed by atoms with Crippen LogP contribution in [0, 0.1) is 0 Å². The van der Waals surface area contributed by atoms with Crippen LogP contribution in [0.15, 0.2) is 79.1 Å². The number of carbonyl (C=O) groups is 1. The molecule has 1 aliphatic rings. The molecule has 1 heterocycles. The van der Waals surface area contributed by atoms with Gasteiger partial charge in [0.05, 0.1) is 5.56 Å². The summed E-state index contributed by atoms with van der Waals surface area (Å²) in [6.45, 7) is 8.51. The van der Waals surface area contributed by atoms with Gasteiger partial charge in [-0.3, -0.25) is 4.79 Å². The maximum Gasteiger partial charge on any atom is 0.231 e. The van der Waals surface area contributed by atoms with Crippen LogP contribution in [0.2, 0.25) is 0 Å². The first-order valence-electron chi connectivity index (χ1n) is 10.1. The molecule has 0 bridgehead atoms. The number of hydrogen-bond donors (Lipinski definition) is 0. The van der Waals surface area contributed by atoms with Crippen LogP contribution in [-0.2, 0) is 6.61 Å². The zero-order chi connectivity index (χ0) is 21.1. The van der Waals surface area contributed by atoms with E-state index in [0.29, 0.717) is 35.3 Å². The number of carbonyl (C=O) groups excluding carboxylic acids is 1. The van der Waals surface area contributed by atoms with Crippen molar-refractivity contribution < 1.29 is 14.3 Å². The number of rotatable bonds is 6.